The van der Waals surface area contributed by atoms with Crippen LogP contribution in [0, 0.1) is 5.82 Å². The summed E-state index contributed by atoms with van der Waals surface area (Å²) in [6.07, 6.45) is 1.61. The molecule has 0 aliphatic heterocycles. The third-order valence-corrected chi connectivity index (χ3v) is 5.33. The lowest BCUT2D eigenvalue weighted by atomic mass is 10.1. The van der Waals surface area contributed by atoms with Gasteiger partial charge in [-0.3, -0.25) is 9.59 Å². The highest BCUT2D eigenvalue weighted by Crippen LogP contribution is 2.33. The molecule has 0 unspecified atom stereocenters. The second-order valence-electron chi connectivity index (χ2n) is 7.47. The molecule has 3 aromatic carbocycles. The maximum atomic E-state index is 14.1. The number of rotatable bonds is 7. The van der Waals surface area contributed by atoms with Crippen LogP contribution in [0.25, 0.3) is 16.9 Å². The number of nitrogens with one attached hydrogen (secondary N) is 2. The van der Waals surface area contributed by atoms with Gasteiger partial charge in [-0.1, -0.05) is 18.2 Å². The standard InChI is InChI=1S/C26H23FN4O4/c1-28-25(32)19-14-17(10-11-21(19)27)29-26(33)20-15-31(18-7-5-4-6-8-18)30-24(20)16-9-12-22(34-2)23(13-16)35-3/h4-15H,1-3H3,(H,28,32)(H,29,33). The zero-order valence-electron chi connectivity index (χ0n) is 19.3. The number of nitrogens with zero attached hydrogens (tertiary/aromatic N) is 2. The fourth-order valence-electron chi connectivity index (χ4n) is 3.56. The van der Waals surface area contributed by atoms with E-state index in [1.54, 1.807) is 29.1 Å². The third-order valence-electron chi connectivity index (χ3n) is 5.33. The normalized spacial score (nSPS) is 10.5. The Morgan fingerprint density at radius 2 is 1.63 bits per heavy atom. The van der Waals surface area contributed by atoms with Crippen molar-refractivity contribution in [3.05, 3.63) is 89.9 Å². The molecular formula is C26H23FN4O4. The molecule has 0 saturated carbocycles. The maximum Gasteiger partial charge on any atom is 0.259 e. The van der Waals surface area contributed by atoms with Crippen LogP contribution >= 0.6 is 0 Å². The minimum absolute atomic E-state index is 0.176. The molecule has 9 heteroatoms. The molecule has 35 heavy (non-hydrogen) atoms. The summed E-state index contributed by atoms with van der Waals surface area (Å²) in [6.45, 7) is 0. The van der Waals surface area contributed by atoms with Crippen molar-refractivity contribution >= 4 is 17.5 Å². The van der Waals surface area contributed by atoms with Gasteiger partial charge >= 0.3 is 0 Å². The van der Waals surface area contributed by atoms with Crippen molar-refractivity contribution in [2.24, 2.45) is 0 Å². The number of ether oxygens (including phenoxy) is 2. The fourth-order valence-corrected chi connectivity index (χ4v) is 3.56. The predicted molar refractivity (Wildman–Crippen MR) is 130 cm³/mol. The minimum atomic E-state index is -0.690. The van der Waals surface area contributed by atoms with E-state index in [2.05, 4.69) is 15.7 Å². The van der Waals surface area contributed by atoms with Crippen molar-refractivity contribution in [3.63, 3.8) is 0 Å². The topological polar surface area (TPSA) is 94.5 Å². The van der Waals surface area contributed by atoms with E-state index < -0.39 is 17.6 Å². The largest absolute Gasteiger partial charge is 0.493 e. The van der Waals surface area contributed by atoms with E-state index >= 15 is 0 Å². The molecule has 4 rings (SSSR count). The van der Waals surface area contributed by atoms with E-state index in [0.29, 0.717) is 22.8 Å². The molecule has 0 fully saturated rings. The number of carbonyl (C=O) groups is 2. The first-order chi connectivity index (χ1) is 16.9. The Kier molecular flexibility index (Phi) is 6.77. The number of aromatic nitrogens is 2. The molecule has 2 N–H and O–H groups in total. The van der Waals surface area contributed by atoms with Gasteiger partial charge in [0.25, 0.3) is 11.8 Å². The monoisotopic (exact) mass is 474 g/mol. The Hall–Kier alpha value is -4.66. The lowest BCUT2D eigenvalue weighted by Crippen LogP contribution is -2.20. The summed E-state index contributed by atoms with van der Waals surface area (Å²) < 4.78 is 26.4. The summed E-state index contributed by atoms with van der Waals surface area (Å²) in [6, 6.07) is 18.4. The van der Waals surface area contributed by atoms with E-state index in [1.807, 2.05) is 30.3 Å². The molecule has 0 radical (unpaired) electrons. The molecule has 0 bridgehead atoms. The molecule has 0 aliphatic rings. The van der Waals surface area contributed by atoms with Crippen molar-refractivity contribution in [1.82, 2.24) is 15.1 Å². The van der Waals surface area contributed by atoms with E-state index in [4.69, 9.17) is 9.47 Å². The molecule has 4 aromatic rings. The van der Waals surface area contributed by atoms with Crippen LogP contribution in [-0.2, 0) is 0 Å². The summed E-state index contributed by atoms with van der Waals surface area (Å²) in [7, 11) is 4.47. The lowest BCUT2D eigenvalue weighted by Gasteiger charge is -2.10. The Morgan fingerprint density at radius 3 is 2.31 bits per heavy atom. The fraction of sp³-hybridized carbons (Fsp3) is 0.115. The highest BCUT2D eigenvalue weighted by atomic mass is 19.1. The van der Waals surface area contributed by atoms with Crippen molar-refractivity contribution < 1.29 is 23.5 Å². The first-order valence-corrected chi connectivity index (χ1v) is 10.7. The first kappa shape index (κ1) is 23.5. The van der Waals surface area contributed by atoms with E-state index in [1.165, 1.54) is 33.4 Å². The number of methoxy groups -OCH3 is 2. The number of hydrogen-bond donors (Lipinski definition) is 2. The number of halogens is 1. The van der Waals surface area contributed by atoms with Gasteiger partial charge in [0.1, 0.15) is 11.5 Å². The van der Waals surface area contributed by atoms with E-state index in [0.717, 1.165) is 11.8 Å². The summed E-state index contributed by atoms with van der Waals surface area (Å²) in [4.78, 5) is 25.3. The molecule has 0 saturated heterocycles. The lowest BCUT2D eigenvalue weighted by molar-refractivity contribution is 0.0957. The molecular weight excluding hydrogens is 451 g/mol. The SMILES string of the molecule is CNC(=O)c1cc(NC(=O)c2cn(-c3ccccc3)nc2-c2ccc(OC)c(OC)c2)ccc1F. The number of para-hydroxylation sites is 1. The van der Waals surface area contributed by atoms with Crippen LogP contribution in [0.4, 0.5) is 10.1 Å². The van der Waals surface area contributed by atoms with Gasteiger partial charge in [-0.15, -0.1) is 0 Å². The Bertz CT molecular complexity index is 1390. The highest BCUT2D eigenvalue weighted by molar-refractivity contribution is 6.08. The van der Waals surface area contributed by atoms with E-state index in [-0.39, 0.29) is 16.8 Å². The summed E-state index contributed by atoms with van der Waals surface area (Å²) in [5.41, 5.74) is 2.16. The second-order valence-corrected chi connectivity index (χ2v) is 7.47. The van der Waals surface area contributed by atoms with Crippen molar-refractivity contribution in [2.75, 3.05) is 26.6 Å². The average molecular weight is 474 g/mol. The van der Waals surface area contributed by atoms with Gasteiger partial charge in [0, 0.05) is 24.5 Å². The molecule has 0 aliphatic carbocycles. The van der Waals surface area contributed by atoms with Gasteiger partial charge in [-0.2, -0.15) is 5.10 Å². The number of carbonyl (C=O) groups excluding carboxylic acids is 2. The van der Waals surface area contributed by atoms with Crippen LogP contribution in [0.3, 0.4) is 0 Å². The van der Waals surface area contributed by atoms with E-state index in [9.17, 15) is 14.0 Å². The third kappa shape index (κ3) is 4.84. The Labute approximate surface area is 201 Å². The highest BCUT2D eigenvalue weighted by Gasteiger charge is 2.21. The Balaban J connectivity index is 1.77. The maximum absolute atomic E-state index is 14.1. The van der Waals surface area contributed by atoms with Crippen LogP contribution in [0.2, 0.25) is 0 Å². The van der Waals surface area contributed by atoms with Crippen LogP contribution < -0.4 is 20.1 Å². The minimum Gasteiger partial charge on any atom is -0.493 e. The zero-order chi connectivity index (χ0) is 24.9. The van der Waals surface area contributed by atoms with Gasteiger partial charge in [-0.05, 0) is 48.5 Å². The molecule has 2 amide bonds. The van der Waals surface area contributed by atoms with Gasteiger partial charge in [0.15, 0.2) is 11.5 Å². The molecule has 1 aromatic heterocycles. The molecule has 178 valence electrons. The summed E-state index contributed by atoms with van der Waals surface area (Å²) in [5.74, 6) is -0.740. The van der Waals surface area contributed by atoms with Crippen molar-refractivity contribution in [2.45, 2.75) is 0 Å². The average Bonchev–Trinajstić information content (AvgIpc) is 3.35. The van der Waals surface area contributed by atoms with Gasteiger partial charge in [0.2, 0.25) is 0 Å². The van der Waals surface area contributed by atoms with Gasteiger partial charge in [0.05, 0.1) is 31.0 Å². The number of hydrogen-bond acceptors (Lipinski definition) is 5. The second kappa shape index (κ2) is 10.1. The number of amides is 2. The van der Waals surface area contributed by atoms with Crippen LogP contribution in [0.1, 0.15) is 20.7 Å². The zero-order valence-corrected chi connectivity index (χ0v) is 19.3. The Morgan fingerprint density at radius 1 is 0.886 bits per heavy atom. The molecule has 0 spiro atoms. The quantitative estimate of drug-likeness (QED) is 0.416. The summed E-state index contributed by atoms with van der Waals surface area (Å²) >= 11 is 0. The van der Waals surface area contributed by atoms with Gasteiger partial charge in [-0.25, -0.2) is 9.07 Å². The van der Waals surface area contributed by atoms with Crippen LogP contribution in [0.15, 0.2) is 72.9 Å². The molecule has 8 nitrogen and oxygen atoms in total. The smallest absolute Gasteiger partial charge is 0.259 e. The first-order valence-electron chi connectivity index (χ1n) is 10.7. The van der Waals surface area contributed by atoms with Crippen molar-refractivity contribution in [1.29, 1.82) is 0 Å². The van der Waals surface area contributed by atoms with Gasteiger partial charge < -0.3 is 20.1 Å². The number of anilines is 1. The van der Waals surface area contributed by atoms with Crippen LogP contribution in [0.5, 0.6) is 11.5 Å². The molecule has 1 heterocycles. The summed E-state index contributed by atoms with van der Waals surface area (Å²) in [5, 5.41) is 9.77. The predicted octanol–water partition coefficient (Wildman–Crippen LogP) is 4.31. The molecule has 0 atom stereocenters. The van der Waals surface area contributed by atoms with Crippen molar-refractivity contribution in [3.8, 4) is 28.4 Å². The van der Waals surface area contributed by atoms with Crippen LogP contribution in [-0.4, -0.2) is 42.9 Å². The number of benzene rings is 3.